The van der Waals surface area contributed by atoms with Gasteiger partial charge in [-0.25, -0.2) is 0 Å². The summed E-state index contributed by atoms with van der Waals surface area (Å²) in [6.07, 6.45) is 1.98. The van der Waals surface area contributed by atoms with E-state index in [2.05, 4.69) is 10.2 Å². The summed E-state index contributed by atoms with van der Waals surface area (Å²) in [6, 6.07) is 15.2. The summed E-state index contributed by atoms with van der Waals surface area (Å²) in [5, 5.41) is 21.0. The molecule has 40 heavy (non-hydrogen) atoms. The number of benzene rings is 2. The maximum absolute atomic E-state index is 12.2. The molecule has 3 atom stereocenters. The number of aliphatic carboxylic acids is 1. The van der Waals surface area contributed by atoms with Crippen molar-refractivity contribution in [1.82, 2.24) is 4.90 Å². The Balaban J connectivity index is 1.24. The van der Waals surface area contributed by atoms with E-state index in [9.17, 15) is 14.7 Å². The van der Waals surface area contributed by atoms with E-state index in [0.29, 0.717) is 31.7 Å². The molecule has 216 valence electrons. The summed E-state index contributed by atoms with van der Waals surface area (Å²) < 4.78 is 24.7. The highest BCUT2D eigenvalue weighted by atomic mass is 16.7. The number of hydrogen-bond acceptors (Lipinski definition) is 8. The van der Waals surface area contributed by atoms with Crippen molar-refractivity contribution in [2.45, 2.75) is 69.4 Å². The summed E-state index contributed by atoms with van der Waals surface area (Å²) >= 11 is 0. The van der Waals surface area contributed by atoms with Crippen molar-refractivity contribution in [3.8, 4) is 0 Å². The lowest BCUT2D eigenvalue weighted by atomic mass is 9.98. The Hall–Kier alpha value is -2.86. The van der Waals surface area contributed by atoms with E-state index in [1.54, 1.807) is 12.1 Å². The zero-order valence-electron chi connectivity index (χ0n) is 22.6. The number of anilines is 1. The second-order valence-electron chi connectivity index (χ2n) is 10.7. The maximum Gasteiger partial charge on any atom is 0.303 e. The fraction of sp³-hybridized carbons (Fsp3) is 0.533. The molecule has 0 unspecified atom stereocenters. The lowest BCUT2D eigenvalue weighted by Gasteiger charge is -2.41. The van der Waals surface area contributed by atoms with Crippen molar-refractivity contribution in [3.63, 3.8) is 0 Å². The van der Waals surface area contributed by atoms with Crippen LogP contribution >= 0.6 is 0 Å². The highest BCUT2D eigenvalue weighted by molar-refractivity contribution is 5.90. The van der Waals surface area contributed by atoms with Gasteiger partial charge in [0, 0.05) is 63.0 Å². The minimum Gasteiger partial charge on any atom is -0.481 e. The van der Waals surface area contributed by atoms with Gasteiger partial charge in [-0.1, -0.05) is 36.4 Å². The van der Waals surface area contributed by atoms with Crippen molar-refractivity contribution in [2.75, 3.05) is 38.2 Å². The molecule has 3 heterocycles. The number of nitrogens with one attached hydrogen (secondary N) is 1. The van der Waals surface area contributed by atoms with Crippen molar-refractivity contribution >= 4 is 17.6 Å². The number of carbonyl (C=O) groups excluding carboxylic acids is 1. The fourth-order valence-electron chi connectivity index (χ4n) is 5.53. The lowest BCUT2D eigenvalue weighted by Crippen LogP contribution is -2.48. The molecule has 3 aliphatic rings. The minimum atomic E-state index is -0.911. The van der Waals surface area contributed by atoms with Gasteiger partial charge < -0.3 is 39.4 Å². The topological polar surface area (TPSA) is 127 Å². The molecule has 3 N–H and O–H groups in total. The number of hydrogen-bond donors (Lipinski definition) is 3. The number of carboxylic acid groups (broad SMARTS) is 1. The Labute approximate surface area is 234 Å². The molecule has 0 aliphatic carbocycles. The second-order valence-corrected chi connectivity index (χ2v) is 10.7. The number of nitrogens with zero attached hydrogens (tertiary/aromatic N) is 1. The molecule has 1 spiro atoms. The average molecular weight is 555 g/mol. The highest BCUT2D eigenvalue weighted by Gasteiger charge is 2.41. The van der Waals surface area contributed by atoms with Crippen LogP contribution in [0.5, 0.6) is 0 Å². The van der Waals surface area contributed by atoms with Gasteiger partial charge >= 0.3 is 5.97 Å². The number of aliphatic hydroxyl groups excluding tert-OH is 1. The number of rotatable bonds is 10. The van der Waals surface area contributed by atoms with E-state index in [1.165, 1.54) is 0 Å². The van der Waals surface area contributed by atoms with Crippen LogP contribution in [0.25, 0.3) is 0 Å². The van der Waals surface area contributed by atoms with Gasteiger partial charge in [-0.15, -0.1) is 0 Å². The lowest BCUT2D eigenvalue weighted by molar-refractivity contribution is -0.255. The first kappa shape index (κ1) is 28.7. The van der Waals surface area contributed by atoms with Crippen LogP contribution in [0.15, 0.2) is 48.5 Å². The molecule has 3 aliphatic heterocycles. The Bertz CT molecular complexity index is 1120. The van der Waals surface area contributed by atoms with Gasteiger partial charge in [0.05, 0.1) is 32.0 Å². The minimum absolute atomic E-state index is 0.00745. The van der Waals surface area contributed by atoms with Crippen LogP contribution in [0.4, 0.5) is 5.69 Å². The van der Waals surface area contributed by atoms with Gasteiger partial charge in [-0.05, 0) is 29.7 Å². The van der Waals surface area contributed by atoms with Crippen LogP contribution in [0, 0.1) is 0 Å². The molecule has 10 nitrogen and oxygen atoms in total. The first-order valence-corrected chi connectivity index (χ1v) is 14.0. The molecule has 3 saturated heterocycles. The molecule has 0 bridgehead atoms. The van der Waals surface area contributed by atoms with Crippen molar-refractivity contribution < 1.29 is 38.7 Å². The highest BCUT2D eigenvalue weighted by Crippen LogP contribution is 2.39. The Morgan fingerprint density at radius 1 is 0.925 bits per heavy atom. The molecule has 10 heteroatoms. The van der Waals surface area contributed by atoms with E-state index < -0.39 is 18.0 Å². The monoisotopic (exact) mass is 554 g/mol. The average Bonchev–Trinajstić information content (AvgIpc) is 3.42. The number of ether oxygens (including phenoxy) is 4. The van der Waals surface area contributed by atoms with Gasteiger partial charge in [0.2, 0.25) is 5.91 Å². The van der Waals surface area contributed by atoms with Crippen LogP contribution in [0.2, 0.25) is 0 Å². The van der Waals surface area contributed by atoms with Crippen LogP contribution in [0.3, 0.4) is 0 Å². The third-order valence-corrected chi connectivity index (χ3v) is 7.77. The quantitative estimate of drug-likeness (QED) is 0.402. The largest absolute Gasteiger partial charge is 0.481 e. The number of piperidine rings is 1. The van der Waals surface area contributed by atoms with Crippen molar-refractivity contribution in [3.05, 3.63) is 65.2 Å². The predicted octanol–water partition coefficient (Wildman–Crippen LogP) is 3.76. The van der Waals surface area contributed by atoms with Gasteiger partial charge in [0.1, 0.15) is 0 Å². The predicted molar refractivity (Wildman–Crippen MR) is 145 cm³/mol. The van der Waals surface area contributed by atoms with Crippen molar-refractivity contribution in [2.24, 2.45) is 0 Å². The standard InChI is InChI=1S/C30H38N2O8/c33-20-21-4-6-22(7-5-21)26-18-25(19-32-14-12-30(13-15-32)37-16-17-38-30)39-29(40-26)23-8-10-24(11-9-23)31-27(34)2-1-3-28(35)36/h4-11,25-26,29,33H,1-3,12-20H2,(H,31,34)(H,35,36)/t25-,26+,29+/m0/s1. The number of carbonyl (C=O) groups is 2. The van der Waals surface area contributed by atoms with E-state index in [1.807, 2.05) is 36.4 Å². The summed E-state index contributed by atoms with van der Waals surface area (Å²) in [5.74, 6) is -1.55. The summed E-state index contributed by atoms with van der Waals surface area (Å²) in [4.78, 5) is 25.2. The van der Waals surface area contributed by atoms with Gasteiger partial charge in [0.25, 0.3) is 0 Å². The van der Waals surface area contributed by atoms with Gasteiger partial charge in [-0.3, -0.25) is 9.59 Å². The first-order valence-electron chi connectivity index (χ1n) is 14.0. The third kappa shape index (κ3) is 7.45. The van der Waals surface area contributed by atoms with Crippen LogP contribution < -0.4 is 5.32 Å². The zero-order chi connectivity index (χ0) is 28.0. The molecule has 0 saturated carbocycles. The summed E-state index contributed by atoms with van der Waals surface area (Å²) in [6.45, 7) is 3.84. The van der Waals surface area contributed by atoms with Crippen LogP contribution in [-0.4, -0.2) is 71.7 Å². The molecule has 0 aromatic heterocycles. The SMILES string of the molecule is O=C(O)CCCC(=O)Nc1ccc([C@@H]2O[C@H](CN3CCC4(CC3)OCCO4)C[C@H](c3ccc(CO)cc3)O2)cc1. The molecule has 2 aromatic rings. The smallest absolute Gasteiger partial charge is 0.303 e. The molecule has 2 aromatic carbocycles. The van der Waals surface area contributed by atoms with E-state index in [4.69, 9.17) is 24.1 Å². The van der Waals surface area contributed by atoms with E-state index in [-0.39, 0.29) is 37.6 Å². The fourth-order valence-corrected chi connectivity index (χ4v) is 5.53. The number of carboxylic acids is 1. The Morgan fingerprint density at radius 3 is 2.25 bits per heavy atom. The molecular weight excluding hydrogens is 516 g/mol. The van der Waals surface area contributed by atoms with Crippen molar-refractivity contribution in [1.29, 1.82) is 0 Å². The maximum atomic E-state index is 12.2. The second kappa shape index (κ2) is 13.2. The van der Waals surface area contributed by atoms with E-state index in [0.717, 1.165) is 49.2 Å². The van der Waals surface area contributed by atoms with Gasteiger partial charge in [-0.2, -0.15) is 0 Å². The summed E-state index contributed by atoms with van der Waals surface area (Å²) in [7, 11) is 0. The molecule has 3 fully saturated rings. The number of aliphatic hydroxyl groups is 1. The van der Waals surface area contributed by atoms with Crippen LogP contribution in [-0.2, 0) is 35.1 Å². The van der Waals surface area contributed by atoms with E-state index >= 15 is 0 Å². The number of likely N-dealkylation sites (tertiary alicyclic amines) is 1. The normalized spacial score (nSPS) is 24.7. The molecule has 1 amide bonds. The number of amides is 1. The van der Waals surface area contributed by atoms with Crippen LogP contribution in [0.1, 0.15) is 67.6 Å². The molecule has 0 radical (unpaired) electrons. The molecular formula is C30H38N2O8. The first-order chi connectivity index (χ1) is 19.4. The summed E-state index contributed by atoms with van der Waals surface area (Å²) in [5.41, 5.74) is 3.36. The molecule has 5 rings (SSSR count). The Morgan fingerprint density at radius 2 is 1.60 bits per heavy atom. The third-order valence-electron chi connectivity index (χ3n) is 7.77. The van der Waals surface area contributed by atoms with Gasteiger partial charge in [0.15, 0.2) is 12.1 Å². The zero-order valence-corrected chi connectivity index (χ0v) is 22.6. The Kier molecular flexibility index (Phi) is 9.46.